The molecule has 100 valence electrons. The van der Waals surface area contributed by atoms with E-state index >= 15 is 0 Å². The minimum atomic E-state index is -4.67. The number of hydrogen-bond donors (Lipinski definition) is 0. The molecule has 0 aliphatic carbocycles. The van der Waals surface area contributed by atoms with Crippen molar-refractivity contribution in [3.05, 3.63) is 64.7 Å². The number of hydrogen-bond acceptors (Lipinski definition) is 1. The Bertz CT molecular complexity index is 549. The smallest absolute Gasteiger partial charge is 0.406 e. The van der Waals surface area contributed by atoms with Crippen LogP contribution in [0.4, 0.5) is 13.2 Å². The summed E-state index contributed by atoms with van der Waals surface area (Å²) in [5.74, 6) is -0.209. The zero-order valence-corrected chi connectivity index (χ0v) is 10.5. The Morgan fingerprint density at radius 3 is 2.26 bits per heavy atom. The highest BCUT2D eigenvalue weighted by Crippen LogP contribution is 2.24. The molecular weight excluding hydrogens is 277 g/mol. The van der Waals surface area contributed by atoms with Gasteiger partial charge in [-0.1, -0.05) is 35.9 Å². The van der Waals surface area contributed by atoms with Gasteiger partial charge in [0.05, 0.1) is 0 Å². The van der Waals surface area contributed by atoms with Crippen LogP contribution in [0.5, 0.6) is 5.75 Å². The number of rotatable bonds is 3. The molecule has 0 atom stereocenters. The number of halogens is 4. The summed E-state index contributed by atoms with van der Waals surface area (Å²) in [6.45, 7) is 0. The van der Waals surface area contributed by atoms with Crippen LogP contribution in [-0.4, -0.2) is 6.36 Å². The van der Waals surface area contributed by atoms with Crippen LogP contribution in [0, 0.1) is 0 Å². The molecule has 0 spiro atoms. The lowest BCUT2D eigenvalue weighted by molar-refractivity contribution is -0.274. The Kier molecular flexibility index (Phi) is 4.00. The van der Waals surface area contributed by atoms with E-state index in [4.69, 9.17) is 11.6 Å². The second kappa shape index (κ2) is 5.53. The molecule has 2 aromatic carbocycles. The lowest BCUT2D eigenvalue weighted by Crippen LogP contribution is -2.17. The molecule has 19 heavy (non-hydrogen) atoms. The highest BCUT2D eigenvalue weighted by Gasteiger charge is 2.31. The van der Waals surface area contributed by atoms with Gasteiger partial charge in [-0.15, -0.1) is 13.2 Å². The van der Waals surface area contributed by atoms with E-state index in [2.05, 4.69) is 4.74 Å². The van der Waals surface area contributed by atoms with Crippen molar-refractivity contribution in [3.8, 4) is 5.75 Å². The molecule has 0 amide bonds. The van der Waals surface area contributed by atoms with Gasteiger partial charge >= 0.3 is 6.36 Å². The maximum atomic E-state index is 12.1. The van der Waals surface area contributed by atoms with Gasteiger partial charge in [-0.25, -0.2) is 0 Å². The van der Waals surface area contributed by atoms with E-state index in [0.717, 1.165) is 11.1 Å². The number of ether oxygens (including phenoxy) is 1. The van der Waals surface area contributed by atoms with Crippen molar-refractivity contribution in [3.63, 3.8) is 0 Å². The van der Waals surface area contributed by atoms with E-state index in [9.17, 15) is 13.2 Å². The predicted molar refractivity (Wildman–Crippen MR) is 67.4 cm³/mol. The molecule has 0 aromatic heterocycles. The van der Waals surface area contributed by atoms with Gasteiger partial charge in [0, 0.05) is 5.02 Å². The number of benzene rings is 2. The SMILES string of the molecule is FC(F)(F)Oc1cccc(Cc2ccc(Cl)cc2)c1. The molecule has 0 radical (unpaired) electrons. The van der Waals surface area contributed by atoms with E-state index in [1.54, 1.807) is 18.2 Å². The van der Waals surface area contributed by atoms with Crippen molar-refractivity contribution in [2.75, 3.05) is 0 Å². The third-order valence-electron chi connectivity index (χ3n) is 2.45. The zero-order valence-electron chi connectivity index (χ0n) is 9.75. The van der Waals surface area contributed by atoms with Crippen LogP contribution in [0.2, 0.25) is 5.02 Å². The summed E-state index contributed by atoms with van der Waals surface area (Å²) in [7, 11) is 0. The van der Waals surface area contributed by atoms with Crippen molar-refractivity contribution in [2.45, 2.75) is 12.8 Å². The maximum absolute atomic E-state index is 12.1. The van der Waals surface area contributed by atoms with Crippen LogP contribution in [0.15, 0.2) is 48.5 Å². The molecule has 5 heteroatoms. The lowest BCUT2D eigenvalue weighted by Gasteiger charge is -2.10. The predicted octanol–water partition coefficient (Wildman–Crippen LogP) is 4.83. The van der Waals surface area contributed by atoms with Gasteiger partial charge in [0.2, 0.25) is 0 Å². The van der Waals surface area contributed by atoms with Crippen LogP contribution in [0.1, 0.15) is 11.1 Å². The molecule has 0 unspecified atom stereocenters. The van der Waals surface area contributed by atoms with Crippen LogP contribution in [0.3, 0.4) is 0 Å². The molecule has 2 aromatic rings. The van der Waals surface area contributed by atoms with Gasteiger partial charge < -0.3 is 4.74 Å². The van der Waals surface area contributed by atoms with Gasteiger partial charge in [0.25, 0.3) is 0 Å². The van der Waals surface area contributed by atoms with E-state index < -0.39 is 6.36 Å². The first-order chi connectivity index (χ1) is 8.92. The first-order valence-electron chi connectivity index (χ1n) is 5.51. The highest BCUT2D eigenvalue weighted by molar-refractivity contribution is 6.30. The summed E-state index contributed by atoms with van der Waals surface area (Å²) < 4.78 is 40.2. The first-order valence-corrected chi connectivity index (χ1v) is 5.89. The molecule has 0 aliphatic heterocycles. The van der Waals surface area contributed by atoms with E-state index in [-0.39, 0.29) is 5.75 Å². The second-order valence-corrected chi connectivity index (χ2v) is 4.43. The standard InChI is InChI=1S/C14H10ClF3O/c15-12-6-4-10(5-7-12)8-11-2-1-3-13(9-11)19-14(16,17)18/h1-7,9H,8H2. The molecule has 1 nitrogen and oxygen atoms in total. The van der Waals surface area contributed by atoms with E-state index in [1.165, 1.54) is 18.2 Å². The fraction of sp³-hybridized carbons (Fsp3) is 0.143. The molecular formula is C14H10ClF3O. The number of alkyl halides is 3. The summed E-state index contributed by atoms with van der Waals surface area (Å²) in [5, 5.41) is 0.623. The molecule has 0 saturated carbocycles. The zero-order chi connectivity index (χ0) is 13.9. The van der Waals surface area contributed by atoms with Crippen LogP contribution < -0.4 is 4.74 Å². The topological polar surface area (TPSA) is 9.23 Å². The Labute approximate surface area is 113 Å². The molecule has 0 aliphatic rings. The van der Waals surface area contributed by atoms with Gasteiger partial charge in [-0.05, 0) is 41.8 Å². The average molecular weight is 287 g/mol. The minimum Gasteiger partial charge on any atom is -0.406 e. The Morgan fingerprint density at radius 2 is 1.63 bits per heavy atom. The lowest BCUT2D eigenvalue weighted by atomic mass is 10.1. The summed E-state index contributed by atoms with van der Waals surface area (Å²) in [5.41, 5.74) is 1.71. The second-order valence-electron chi connectivity index (χ2n) is 4.00. The summed E-state index contributed by atoms with van der Waals surface area (Å²) in [4.78, 5) is 0. The first kappa shape index (κ1) is 13.7. The van der Waals surface area contributed by atoms with Gasteiger partial charge in [0.15, 0.2) is 0 Å². The molecule has 0 N–H and O–H groups in total. The largest absolute Gasteiger partial charge is 0.573 e. The monoisotopic (exact) mass is 286 g/mol. The Morgan fingerprint density at radius 1 is 0.947 bits per heavy atom. The van der Waals surface area contributed by atoms with Crippen molar-refractivity contribution in [1.29, 1.82) is 0 Å². The summed E-state index contributed by atoms with van der Waals surface area (Å²) in [6, 6.07) is 13.1. The quantitative estimate of drug-likeness (QED) is 0.785. The van der Waals surface area contributed by atoms with Crippen molar-refractivity contribution >= 4 is 11.6 Å². The average Bonchev–Trinajstić information content (AvgIpc) is 2.30. The van der Waals surface area contributed by atoms with E-state index in [1.807, 2.05) is 12.1 Å². The van der Waals surface area contributed by atoms with Crippen LogP contribution in [0.25, 0.3) is 0 Å². The normalized spacial score (nSPS) is 11.4. The minimum absolute atomic E-state index is 0.209. The third-order valence-corrected chi connectivity index (χ3v) is 2.71. The Hall–Kier alpha value is -1.68. The fourth-order valence-corrected chi connectivity index (χ4v) is 1.82. The fourth-order valence-electron chi connectivity index (χ4n) is 1.69. The summed E-state index contributed by atoms with van der Waals surface area (Å²) in [6.07, 6.45) is -4.15. The Balaban J connectivity index is 2.13. The van der Waals surface area contributed by atoms with Crippen LogP contribution in [-0.2, 0) is 6.42 Å². The van der Waals surface area contributed by atoms with Crippen LogP contribution >= 0.6 is 11.6 Å². The molecule has 0 fully saturated rings. The van der Waals surface area contributed by atoms with Gasteiger partial charge in [-0.2, -0.15) is 0 Å². The molecule has 0 saturated heterocycles. The van der Waals surface area contributed by atoms with E-state index in [0.29, 0.717) is 11.4 Å². The maximum Gasteiger partial charge on any atom is 0.573 e. The van der Waals surface area contributed by atoms with Crippen molar-refractivity contribution < 1.29 is 17.9 Å². The molecule has 0 bridgehead atoms. The molecule has 0 heterocycles. The third kappa shape index (κ3) is 4.48. The molecule has 2 rings (SSSR count). The van der Waals surface area contributed by atoms with Gasteiger partial charge in [0.1, 0.15) is 5.75 Å². The summed E-state index contributed by atoms with van der Waals surface area (Å²) >= 11 is 5.77. The van der Waals surface area contributed by atoms with Gasteiger partial charge in [-0.3, -0.25) is 0 Å². The van der Waals surface area contributed by atoms with Crippen molar-refractivity contribution in [1.82, 2.24) is 0 Å². The van der Waals surface area contributed by atoms with Crippen molar-refractivity contribution in [2.24, 2.45) is 0 Å². The highest BCUT2D eigenvalue weighted by atomic mass is 35.5.